The maximum Gasteiger partial charge on any atom is 0.406 e. The topological polar surface area (TPSA) is 96.0 Å². The zero-order chi connectivity index (χ0) is 23.0. The van der Waals surface area contributed by atoms with Crippen LogP contribution in [-0.4, -0.2) is 71.1 Å². The first kappa shape index (κ1) is 23.3. The first-order valence-corrected chi connectivity index (χ1v) is 10.6. The number of urea groups is 1. The summed E-state index contributed by atoms with van der Waals surface area (Å²) < 4.78 is 43.5. The van der Waals surface area contributed by atoms with E-state index >= 15 is 0 Å². The zero-order valence-electron chi connectivity index (χ0n) is 17.7. The molecule has 1 aliphatic heterocycles. The Labute approximate surface area is 178 Å². The Morgan fingerprint density at radius 1 is 1.26 bits per heavy atom. The van der Waals surface area contributed by atoms with Crippen LogP contribution in [0.2, 0.25) is 0 Å². The van der Waals surface area contributed by atoms with Crippen molar-refractivity contribution in [1.29, 1.82) is 0 Å². The third-order valence-electron chi connectivity index (χ3n) is 6.61. The first-order chi connectivity index (χ1) is 14.4. The Balaban J connectivity index is 1.57. The predicted molar refractivity (Wildman–Crippen MR) is 102 cm³/mol. The number of nitrogens with zero attached hydrogens (tertiary/aromatic N) is 2. The molecule has 11 heteroatoms. The smallest absolute Gasteiger partial charge is 0.406 e. The molecule has 0 unspecified atom stereocenters. The van der Waals surface area contributed by atoms with Crippen molar-refractivity contribution >= 4 is 23.8 Å². The van der Waals surface area contributed by atoms with E-state index in [9.17, 15) is 32.3 Å². The number of nitrogens with one attached hydrogen (secondary N) is 1. The highest BCUT2D eigenvalue weighted by atomic mass is 19.4. The lowest BCUT2D eigenvalue weighted by Crippen LogP contribution is -2.54. The lowest BCUT2D eigenvalue weighted by molar-refractivity contribution is -0.171. The van der Waals surface area contributed by atoms with E-state index in [0.717, 1.165) is 37.0 Å². The van der Waals surface area contributed by atoms with Gasteiger partial charge in [-0.25, -0.2) is 4.79 Å². The van der Waals surface area contributed by atoms with E-state index < -0.39 is 61.3 Å². The molecule has 174 valence electrons. The highest BCUT2D eigenvalue weighted by molar-refractivity contribution is 6.09. The Hall–Kier alpha value is -2.33. The molecule has 1 saturated heterocycles. The fourth-order valence-electron chi connectivity index (χ4n) is 4.52. The molecular formula is C20H28F3N3O5. The summed E-state index contributed by atoms with van der Waals surface area (Å²) in [5.41, 5.74) is -1.03. The number of ether oxygens (including phenoxy) is 1. The van der Waals surface area contributed by atoms with Gasteiger partial charge >= 0.3 is 18.2 Å². The number of hydrogen-bond donors (Lipinski definition) is 1. The summed E-state index contributed by atoms with van der Waals surface area (Å²) in [6, 6.07) is -1.32. The summed E-state index contributed by atoms with van der Waals surface area (Å²) in [7, 11) is 0. The van der Waals surface area contributed by atoms with Gasteiger partial charge in [0.05, 0.1) is 0 Å². The molecule has 3 atom stereocenters. The van der Waals surface area contributed by atoms with Gasteiger partial charge in [-0.3, -0.25) is 19.3 Å². The van der Waals surface area contributed by atoms with Crippen LogP contribution in [0, 0.1) is 11.8 Å². The second-order valence-corrected chi connectivity index (χ2v) is 8.82. The third kappa shape index (κ3) is 5.12. The lowest BCUT2D eigenvalue weighted by Gasteiger charge is -2.36. The average Bonchev–Trinajstić information content (AvgIpc) is 3.50. The largest absolute Gasteiger partial charge is 0.454 e. The SMILES string of the molecule is C[C@@H](C1CC1)N(CC(F)(F)F)C(=O)COC(=O)CN1C(=O)N[C@@]2(CCCC[C@@H]2C)C1=O. The summed E-state index contributed by atoms with van der Waals surface area (Å²) in [4.78, 5) is 51.1. The van der Waals surface area contributed by atoms with Gasteiger partial charge < -0.3 is 15.0 Å². The molecule has 2 aliphatic carbocycles. The van der Waals surface area contributed by atoms with Gasteiger partial charge in [-0.1, -0.05) is 19.8 Å². The molecule has 3 aliphatic rings. The average molecular weight is 447 g/mol. The number of hydrogen-bond acceptors (Lipinski definition) is 5. The fraction of sp³-hybridized carbons (Fsp3) is 0.800. The van der Waals surface area contributed by atoms with Crippen molar-refractivity contribution < 1.29 is 37.1 Å². The van der Waals surface area contributed by atoms with Crippen LogP contribution in [0.4, 0.5) is 18.0 Å². The van der Waals surface area contributed by atoms with Crippen LogP contribution in [0.3, 0.4) is 0 Å². The molecule has 4 amide bonds. The van der Waals surface area contributed by atoms with Gasteiger partial charge in [0.15, 0.2) is 6.61 Å². The minimum atomic E-state index is -4.58. The molecule has 1 N–H and O–H groups in total. The van der Waals surface area contributed by atoms with Crippen molar-refractivity contribution in [1.82, 2.24) is 15.1 Å². The van der Waals surface area contributed by atoms with E-state index in [-0.39, 0.29) is 11.8 Å². The van der Waals surface area contributed by atoms with E-state index in [1.807, 2.05) is 6.92 Å². The van der Waals surface area contributed by atoms with Crippen LogP contribution < -0.4 is 5.32 Å². The number of halogens is 3. The fourth-order valence-corrected chi connectivity index (χ4v) is 4.52. The summed E-state index contributed by atoms with van der Waals surface area (Å²) in [6.45, 7) is 0.421. The minimum Gasteiger partial charge on any atom is -0.454 e. The Kier molecular flexibility index (Phi) is 6.52. The monoisotopic (exact) mass is 447 g/mol. The van der Waals surface area contributed by atoms with Crippen LogP contribution in [0.15, 0.2) is 0 Å². The highest BCUT2D eigenvalue weighted by Crippen LogP contribution is 2.38. The van der Waals surface area contributed by atoms with Crippen LogP contribution in [0.5, 0.6) is 0 Å². The van der Waals surface area contributed by atoms with Crippen LogP contribution >= 0.6 is 0 Å². The van der Waals surface area contributed by atoms with Gasteiger partial charge in [-0.05, 0) is 44.4 Å². The summed E-state index contributed by atoms with van der Waals surface area (Å²) >= 11 is 0. The van der Waals surface area contributed by atoms with Crippen molar-refractivity contribution in [3.05, 3.63) is 0 Å². The maximum atomic E-state index is 12.9. The minimum absolute atomic E-state index is 0.00147. The molecule has 0 aromatic carbocycles. The van der Waals surface area contributed by atoms with Gasteiger partial charge in [-0.15, -0.1) is 0 Å². The molecule has 1 heterocycles. The summed E-state index contributed by atoms with van der Waals surface area (Å²) in [5.74, 6) is -2.57. The van der Waals surface area contributed by atoms with E-state index in [4.69, 9.17) is 4.74 Å². The molecule has 0 bridgehead atoms. The van der Waals surface area contributed by atoms with Gasteiger partial charge in [-0.2, -0.15) is 13.2 Å². The second kappa shape index (κ2) is 8.66. The number of esters is 1. The number of alkyl halides is 3. The number of carbonyl (C=O) groups excluding carboxylic acids is 4. The zero-order valence-corrected chi connectivity index (χ0v) is 17.7. The van der Waals surface area contributed by atoms with Crippen molar-refractivity contribution in [2.24, 2.45) is 11.8 Å². The van der Waals surface area contributed by atoms with Crippen molar-refractivity contribution in [2.45, 2.75) is 70.1 Å². The molecule has 8 nitrogen and oxygen atoms in total. The van der Waals surface area contributed by atoms with Crippen LogP contribution in [-0.2, 0) is 19.1 Å². The van der Waals surface area contributed by atoms with Crippen molar-refractivity contribution in [2.75, 3.05) is 19.7 Å². The maximum absolute atomic E-state index is 12.9. The number of imide groups is 1. The van der Waals surface area contributed by atoms with Gasteiger partial charge in [0.25, 0.3) is 11.8 Å². The molecule has 1 spiro atoms. The summed E-state index contributed by atoms with van der Waals surface area (Å²) in [5, 5.41) is 2.70. The van der Waals surface area contributed by atoms with E-state index in [1.165, 1.54) is 0 Å². The lowest BCUT2D eigenvalue weighted by atomic mass is 9.73. The second-order valence-electron chi connectivity index (χ2n) is 8.82. The van der Waals surface area contributed by atoms with Gasteiger partial charge in [0, 0.05) is 6.04 Å². The quantitative estimate of drug-likeness (QED) is 0.477. The Morgan fingerprint density at radius 2 is 1.94 bits per heavy atom. The third-order valence-corrected chi connectivity index (χ3v) is 6.61. The van der Waals surface area contributed by atoms with Gasteiger partial charge in [0.2, 0.25) is 0 Å². The number of amides is 4. The molecule has 3 fully saturated rings. The molecule has 31 heavy (non-hydrogen) atoms. The number of carbonyl (C=O) groups is 4. The van der Waals surface area contributed by atoms with E-state index in [0.29, 0.717) is 11.3 Å². The molecule has 2 saturated carbocycles. The first-order valence-electron chi connectivity index (χ1n) is 10.6. The summed E-state index contributed by atoms with van der Waals surface area (Å²) in [6.07, 6.45) is -0.111. The van der Waals surface area contributed by atoms with Crippen molar-refractivity contribution in [3.8, 4) is 0 Å². The molecule has 0 aromatic heterocycles. The molecular weight excluding hydrogens is 419 g/mol. The van der Waals surface area contributed by atoms with E-state index in [1.54, 1.807) is 6.92 Å². The molecule has 0 aromatic rings. The standard InChI is InChI=1S/C20H28F3N3O5/c1-12-5-3-4-8-19(12)17(29)25(18(30)24-19)9-16(28)31-10-15(27)26(11-20(21,22)23)13(2)14-6-7-14/h12-14H,3-11H2,1-2H3,(H,24,30)/t12-,13-,19+/m0/s1. The number of rotatable bonds is 7. The molecule has 3 rings (SSSR count). The highest BCUT2D eigenvalue weighted by Gasteiger charge is 2.55. The van der Waals surface area contributed by atoms with Gasteiger partial charge in [0.1, 0.15) is 18.6 Å². The predicted octanol–water partition coefficient (Wildman–Crippen LogP) is 2.22. The molecule has 0 radical (unpaired) electrons. The van der Waals surface area contributed by atoms with Crippen molar-refractivity contribution in [3.63, 3.8) is 0 Å². The van der Waals surface area contributed by atoms with Crippen LogP contribution in [0.25, 0.3) is 0 Å². The Morgan fingerprint density at radius 3 is 2.52 bits per heavy atom. The van der Waals surface area contributed by atoms with E-state index in [2.05, 4.69) is 5.32 Å². The van der Waals surface area contributed by atoms with Crippen LogP contribution in [0.1, 0.15) is 52.4 Å². The Bertz CT molecular complexity index is 755. The normalized spacial score (nSPS) is 27.3.